The van der Waals surface area contributed by atoms with Crippen molar-refractivity contribution >= 4 is 5.91 Å². The number of hydrogen-bond donors (Lipinski definition) is 2. The standard InChI is InChI=1S/C16H27N3O/c1-12(2)19(13(3)4)10-9-18-11-14-5-7-15(8-6-14)16(17)20/h5-8,12-13,18H,9-11H2,1-4H3,(H2,17,20). The molecule has 0 saturated carbocycles. The topological polar surface area (TPSA) is 58.4 Å². The van der Waals surface area contributed by atoms with Crippen molar-refractivity contribution in [1.82, 2.24) is 10.2 Å². The van der Waals surface area contributed by atoms with Crippen molar-refractivity contribution in [2.75, 3.05) is 13.1 Å². The van der Waals surface area contributed by atoms with Crippen LogP contribution in [0.5, 0.6) is 0 Å². The Kier molecular flexibility index (Phi) is 6.68. The summed E-state index contributed by atoms with van der Waals surface area (Å²) in [6.07, 6.45) is 0. The minimum Gasteiger partial charge on any atom is -0.366 e. The van der Waals surface area contributed by atoms with Crippen molar-refractivity contribution < 1.29 is 4.79 Å². The number of nitrogens with one attached hydrogen (secondary N) is 1. The molecular formula is C16H27N3O. The van der Waals surface area contributed by atoms with Gasteiger partial charge < -0.3 is 11.1 Å². The largest absolute Gasteiger partial charge is 0.366 e. The molecule has 0 spiro atoms. The number of amides is 1. The van der Waals surface area contributed by atoms with Crippen LogP contribution in [0.15, 0.2) is 24.3 Å². The van der Waals surface area contributed by atoms with Gasteiger partial charge in [-0.25, -0.2) is 0 Å². The first kappa shape index (κ1) is 16.7. The Bertz CT molecular complexity index is 404. The monoisotopic (exact) mass is 277 g/mol. The maximum Gasteiger partial charge on any atom is 0.248 e. The molecule has 0 aliphatic rings. The summed E-state index contributed by atoms with van der Waals surface area (Å²) in [6.45, 7) is 11.7. The van der Waals surface area contributed by atoms with Crippen molar-refractivity contribution in [3.8, 4) is 0 Å². The van der Waals surface area contributed by atoms with Crippen molar-refractivity contribution in [3.63, 3.8) is 0 Å². The summed E-state index contributed by atoms with van der Waals surface area (Å²) in [6, 6.07) is 8.55. The molecule has 1 aromatic rings. The maximum atomic E-state index is 11.0. The van der Waals surface area contributed by atoms with Crippen LogP contribution in [-0.2, 0) is 6.54 Å². The fraction of sp³-hybridized carbons (Fsp3) is 0.562. The van der Waals surface area contributed by atoms with Crippen LogP contribution in [0.4, 0.5) is 0 Å². The lowest BCUT2D eigenvalue weighted by Gasteiger charge is -2.30. The number of hydrogen-bond acceptors (Lipinski definition) is 3. The smallest absolute Gasteiger partial charge is 0.248 e. The third-order valence-corrected chi connectivity index (χ3v) is 3.44. The third-order valence-electron chi connectivity index (χ3n) is 3.44. The lowest BCUT2D eigenvalue weighted by Crippen LogP contribution is -2.41. The molecule has 0 saturated heterocycles. The van der Waals surface area contributed by atoms with Crippen LogP contribution in [0.2, 0.25) is 0 Å². The zero-order chi connectivity index (χ0) is 15.1. The van der Waals surface area contributed by atoms with Gasteiger partial charge in [-0.1, -0.05) is 12.1 Å². The first-order valence-corrected chi connectivity index (χ1v) is 7.27. The molecule has 0 bridgehead atoms. The summed E-state index contributed by atoms with van der Waals surface area (Å²) in [7, 11) is 0. The molecule has 0 atom stereocenters. The minimum absolute atomic E-state index is 0.381. The number of rotatable bonds is 8. The molecule has 0 radical (unpaired) electrons. The summed E-state index contributed by atoms with van der Waals surface area (Å²) >= 11 is 0. The summed E-state index contributed by atoms with van der Waals surface area (Å²) < 4.78 is 0. The second kappa shape index (κ2) is 8.02. The number of carbonyl (C=O) groups excluding carboxylic acids is 1. The van der Waals surface area contributed by atoms with Gasteiger partial charge in [0.25, 0.3) is 0 Å². The van der Waals surface area contributed by atoms with Crippen LogP contribution in [0, 0.1) is 0 Å². The average Bonchev–Trinajstić information content (AvgIpc) is 2.38. The molecule has 112 valence electrons. The molecule has 1 rings (SSSR count). The lowest BCUT2D eigenvalue weighted by molar-refractivity contribution is 0.100. The highest BCUT2D eigenvalue weighted by molar-refractivity contribution is 5.92. The van der Waals surface area contributed by atoms with Gasteiger partial charge in [0, 0.05) is 37.3 Å². The zero-order valence-corrected chi connectivity index (χ0v) is 13.0. The van der Waals surface area contributed by atoms with Gasteiger partial charge in [-0.3, -0.25) is 9.69 Å². The Balaban J connectivity index is 2.35. The number of primary amides is 1. The van der Waals surface area contributed by atoms with E-state index in [9.17, 15) is 4.79 Å². The van der Waals surface area contributed by atoms with E-state index in [0.29, 0.717) is 17.6 Å². The van der Waals surface area contributed by atoms with Crippen LogP contribution >= 0.6 is 0 Å². The van der Waals surface area contributed by atoms with E-state index in [-0.39, 0.29) is 5.91 Å². The molecule has 20 heavy (non-hydrogen) atoms. The number of carbonyl (C=O) groups is 1. The third kappa shape index (κ3) is 5.31. The molecule has 4 nitrogen and oxygen atoms in total. The summed E-state index contributed by atoms with van der Waals surface area (Å²) in [5.41, 5.74) is 6.93. The highest BCUT2D eigenvalue weighted by Crippen LogP contribution is 2.05. The number of benzene rings is 1. The van der Waals surface area contributed by atoms with Gasteiger partial charge in [0.15, 0.2) is 0 Å². The van der Waals surface area contributed by atoms with E-state index in [4.69, 9.17) is 5.73 Å². The summed E-state index contributed by atoms with van der Waals surface area (Å²) in [4.78, 5) is 13.4. The van der Waals surface area contributed by atoms with Crippen LogP contribution in [0.25, 0.3) is 0 Å². The fourth-order valence-electron chi connectivity index (χ4n) is 2.34. The van der Waals surface area contributed by atoms with Crippen LogP contribution in [0.3, 0.4) is 0 Å². The van der Waals surface area contributed by atoms with E-state index < -0.39 is 0 Å². The maximum absolute atomic E-state index is 11.0. The lowest BCUT2D eigenvalue weighted by atomic mass is 10.1. The van der Waals surface area contributed by atoms with E-state index in [2.05, 4.69) is 37.9 Å². The van der Waals surface area contributed by atoms with Crippen molar-refractivity contribution in [2.24, 2.45) is 5.73 Å². The second-order valence-corrected chi connectivity index (χ2v) is 5.66. The summed E-state index contributed by atoms with van der Waals surface area (Å²) in [5, 5.41) is 3.43. The Morgan fingerprint density at radius 1 is 1.15 bits per heavy atom. The molecule has 3 N–H and O–H groups in total. The van der Waals surface area contributed by atoms with Crippen molar-refractivity contribution in [3.05, 3.63) is 35.4 Å². The SMILES string of the molecule is CC(C)N(CCNCc1ccc(C(N)=O)cc1)C(C)C. The Morgan fingerprint density at radius 3 is 2.15 bits per heavy atom. The van der Waals surface area contributed by atoms with E-state index in [1.165, 1.54) is 0 Å². The molecule has 0 unspecified atom stereocenters. The quantitative estimate of drug-likeness (QED) is 0.715. The van der Waals surface area contributed by atoms with Crippen LogP contribution in [-0.4, -0.2) is 36.0 Å². The molecule has 0 aliphatic carbocycles. The van der Waals surface area contributed by atoms with E-state index in [1.807, 2.05) is 12.1 Å². The van der Waals surface area contributed by atoms with Crippen molar-refractivity contribution in [1.29, 1.82) is 0 Å². The second-order valence-electron chi connectivity index (χ2n) is 5.66. The molecule has 0 aromatic heterocycles. The van der Waals surface area contributed by atoms with Gasteiger partial charge in [0.05, 0.1) is 0 Å². The Hall–Kier alpha value is -1.39. The van der Waals surface area contributed by atoms with Gasteiger partial charge in [-0.2, -0.15) is 0 Å². The predicted molar refractivity (Wildman–Crippen MR) is 83.6 cm³/mol. The number of nitrogens with two attached hydrogens (primary N) is 1. The normalized spacial score (nSPS) is 11.6. The first-order valence-electron chi connectivity index (χ1n) is 7.27. The minimum atomic E-state index is -0.381. The predicted octanol–water partition coefficient (Wildman–Crippen LogP) is 1.99. The molecular weight excluding hydrogens is 250 g/mol. The van der Waals surface area contributed by atoms with Crippen molar-refractivity contribution in [2.45, 2.75) is 46.3 Å². The highest BCUT2D eigenvalue weighted by Gasteiger charge is 2.11. The van der Waals surface area contributed by atoms with Gasteiger partial charge in [-0.05, 0) is 45.4 Å². The highest BCUT2D eigenvalue weighted by atomic mass is 16.1. The first-order chi connectivity index (χ1) is 9.41. The van der Waals surface area contributed by atoms with Crippen LogP contribution in [0.1, 0.15) is 43.6 Å². The van der Waals surface area contributed by atoms with E-state index >= 15 is 0 Å². The summed E-state index contributed by atoms with van der Waals surface area (Å²) in [5.74, 6) is -0.381. The van der Waals surface area contributed by atoms with E-state index in [0.717, 1.165) is 25.2 Å². The molecule has 1 aromatic carbocycles. The number of nitrogens with zero attached hydrogens (tertiary/aromatic N) is 1. The Morgan fingerprint density at radius 2 is 1.70 bits per heavy atom. The fourth-order valence-corrected chi connectivity index (χ4v) is 2.34. The molecule has 4 heteroatoms. The average molecular weight is 277 g/mol. The van der Waals surface area contributed by atoms with Gasteiger partial charge in [0.1, 0.15) is 0 Å². The van der Waals surface area contributed by atoms with Gasteiger partial charge in [-0.15, -0.1) is 0 Å². The molecule has 0 fully saturated rings. The molecule has 0 aliphatic heterocycles. The van der Waals surface area contributed by atoms with Crippen LogP contribution < -0.4 is 11.1 Å². The zero-order valence-electron chi connectivity index (χ0n) is 13.0. The van der Waals surface area contributed by atoms with Gasteiger partial charge in [0.2, 0.25) is 5.91 Å². The van der Waals surface area contributed by atoms with Gasteiger partial charge >= 0.3 is 0 Å². The Labute approximate surface area is 122 Å². The molecule has 1 amide bonds. The molecule has 0 heterocycles. The van der Waals surface area contributed by atoms with E-state index in [1.54, 1.807) is 12.1 Å².